The molecule has 0 aliphatic heterocycles. The van der Waals surface area contributed by atoms with Crippen molar-refractivity contribution in [1.29, 1.82) is 0 Å². The van der Waals surface area contributed by atoms with Crippen LogP contribution in [0, 0.1) is 11.8 Å². The maximum atomic E-state index is 2.30. The Morgan fingerprint density at radius 2 is 0.800 bits per heavy atom. The van der Waals surface area contributed by atoms with Crippen molar-refractivity contribution < 1.29 is 0 Å². The molecule has 0 aliphatic carbocycles. The molecular weight excluding hydrogens is 180 g/mol. The van der Waals surface area contributed by atoms with Gasteiger partial charge in [0.05, 0.1) is 0 Å². The second-order valence-corrected chi connectivity index (χ2v) is 2.63. The number of hydrogen-bond donors (Lipinski definition) is 0. The van der Waals surface area contributed by atoms with Gasteiger partial charge in [-0.25, -0.2) is 0 Å². The molecule has 0 aromatic rings. The summed E-state index contributed by atoms with van der Waals surface area (Å²) in [5.74, 6) is 1.77. The first kappa shape index (κ1) is 29.4. The van der Waals surface area contributed by atoms with E-state index in [2.05, 4.69) is 27.7 Å². The molecule has 0 amide bonds. The summed E-state index contributed by atoms with van der Waals surface area (Å²) in [4.78, 5) is 0. The molecule has 0 unspecified atom stereocenters. The predicted octanol–water partition coefficient (Wildman–Crippen LogP) is 6.79. The molecular formula is C15H40. The van der Waals surface area contributed by atoms with Gasteiger partial charge < -0.3 is 0 Å². The van der Waals surface area contributed by atoms with Gasteiger partial charge >= 0.3 is 0 Å². The third kappa shape index (κ3) is 56.0. The first-order chi connectivity index (χ1) is 7.18. The van der Waals surface area contributed by atoms with Gasteiger partial charge in [-0.2, -0.15) is 0 Å². The van der Waals surface area contributed by atoms with E-state index >= 15 is 0 Å². The highest BCUT2D eigenvalue weighted by molar-refractivity contribution is 4.52. The molecule has 0 aromatic heterocycles. The Balaban J connectivity index is -0.0000000353. The fourth-order valence-electron chi connectivity index (χ4n) is 0.471. The summed E-state index contributed by atoms with van der Waals surface area (Å²) in [6, 6.07) is 0. The SMILES string of the molecule is CC.CC.CC.CC.CC[C@@H](C)C(C)C. The minimum Gasteiger partial charge on any atom is -0.0683 e. The summed E-state index contributed by atoms with van der Waals surface area (Å²) >= 11 is 0. The van der Waals surface area contributed by atoms with Crippen LogP contribution in [0.5, 0.6) is 0 Å². The molecule has 0 spiro atoms. The van der Waals surface area contributed by atoms with Gasteiger partial charge in [-0.05, 0) is 11.8 Å². The normalized spacial score (nSPS) is 8.60. The van der Waals surface area contributed by atoms with Crippen LogP contribution >= 0.6 is 0 Å². The zero-order valence-electron chi connectivity index (χ0n) is 13.9. The van der Waals surface area contributed by atoms with E-state index in [-0.39, 0.29) is 0 Å². The lowest BCUT2D eigenvalue weighted by atomic mass is 9.96. The summed E-state index contributed by atoms with van der Waals surface area (Å²) in [5.41, 5.74) is 0. The Hall–Kier alpha value is 0. The summed E-state index contributed by atoms with van der Waals surface area (Å²) in [7, 11) is 0. The average molecular weight is 220 g/mol. The van der Waals surface area contributed by atoms with Crippen molar-refractivity contribution in [3.05, 3.63) is 0 Å². The van der Waals surface area contributed by atoms with Crippen molar-refractivity contribution in [3.63, 3.8) is 0 Å². The minimum atomic E-state index is 0.866. The fraction of sp³-hybridized carbons (Fsp3) is 1.00. The number of hydrogen-bond acceptors (Lipinski definition) is 0. The lowest BCUT2D eigenvalue weighted by Crippen LogP contribution is -2.00. The topological polar surface area (TPSA) is 0 Å². The average Bonchev–Trinajstić information content (AvgIpc) is 2.37. The summed E-state index contributed by atoms with van der Waals surface area (Å²) in [6.07, 6.45) is 1.32. The van der Waals surface area contributed by atoms with Crippen molar-refractivity contribution >= 4 is 0 Å². The van der Waals surface area contributed by atoms with Crippen LogP contribution in [-0.2, 0) is 0 Å². The summed E-state index contributed by atoms with van der Waals surface area (Å²) in [5, 5.41) is 0. The Labute approximate surface area is 102 Å². The molecule has 1 atom stereocenters. The van der Waals surface area contributed by atoms with E-state index in [1.807, 2.05) is 55.4 Å². The van der Waals surface area contributed by atoms with E-state index in [1.54, 1.807) is 0 Å². The second kappa shape index (κ2) is 48.3. The molecule has 0 heteroatoms. The lowest BCUT2D eigenvalue weighted by Gasteiger charge is -2.10. The Bertz CT molecular complexity index is 37.3. The molecule has 0 heterocycles. The molecule has 0 radical (unpaired) electrons. The predicted molar refractivity (Wildman–Crippen MR) is 79.7 cm³/mol. The molecule has 100 valence electrons. The molecule has 0 fully saturated rings. The molecule has 0 aliphatic rings. The quantitative estimate of drug-likeness (QED) is 0.480. The van der Waals surface area contributed by atoms with Crippen LogP contribution in [0.15, 0.2) is 0 Å². The van der Waals surface area contributed by atoms with Crippen LogP contribution in [0.4, 0.5) is 0 Å². The highest BCUT2D eigenvalue weighted by atomic mass is 14.1. The van der Waals surface area contributed by atoms with E-state index in [0.717, 1.165) is 11.8 Å². The Morgan fingerprint density at radius 3 is 0.800 bits per heavy atom. The smallest absolute Gasteiger partial charge is 0.0422 e. The van der Waals surface area contributed by atoms with Crippen LogP contribution in [0.3, 0.4) is 0 Å². The second-order valence-electron chi connectivity index (χ2n) is 2.63. The van der Waals surface area contributed by atoms with Gasteiger partial charge in [0.25, 0.3) is 0 Å². The fourth-order valence-corrected chi connectivity index (χ4v) is 0.471. The van der Waals surface area contributed by atoms with Gasteiger partial charge in [-0.3, -0.25) is 0 Å². The van der Waals surface area contributed by atoms with Crippen LogP contribution in [0.1, 0.15) is 89.5 Å². The zero-order chi connectivity index (χ0) is 13.9. The van der Waals surface area contributed by atoms with E-state index < -0.39 is 0 Å². The third-order valence-electron chi connectivity index (χ3n) is 1.78. The van der Waals surface area contributed by atoms with Crippen LogP contribution < -0.4 is 0 Å². The monoisotopic (exact) mass is 220 g/mol. The Kier molecular flexibility index (Phi) is 94.6. The molecule has 0 N–H and O–H groups in total. The molecule has 0 saturated heterocycles. The highest BCUT2D eigenvalue weighted by Gasteiger charge is 2.01. The molecule has 0 saturated carbocycles. The maximum absolute atomic E-state index is 2.30. The van der Waals surface area contributed by atoms with Crippen LogP contribution in [0.25, 0.3) is 0 Å². The van der Waals surface area contributed by atoms with E-state index in [4.69, 9.17) is 0 Å². The van der Waals surface area contributed by atoms with E-state index in [1.165, 1.54) is 6.42 Å². The van der Waals surface area contributed by atoms with Gasteiger partial charge in [-0.15, -0.1) is 0 Å². The van der Waals surface area contributed by atoms with Gasteiger partial charge in [-0.1, -0.05) is 89.5 Å². The van der Waals surface area contributed by atoms with Gasteiger partial charge in [0, 0.05) is 0 Å². The summed E-state index contributed by atoms with van der Waals surface area (Å²) < 4.78 is 0. The maximum Gasteiger partial charge on any atom is -0.0422 e. The van der Waals surface area contributed by atoms with E-state index in [9.17, 15) is 0 Å². The van der Waals surface area contributed by atoms with Crippen molar-refractivity contribution in [1.82, 2.24) is 0 Å². The van der Waals surface area contributed by atoms with Gasteiger partial charge in [0.2, 0.25) is 0 Å². The minimum absolute atomic E-state index is 0.866. The molecule has 0 nitrogen and oxygen atoms in total. The standard InChI is InChI=1S/C7H16.4C2H6/c1-5-7(4)6(2)3;4*1-2/h6-7H,5H2,1-4H3;4*1-2H3/t7-;;;;/m1..../s1. The Morgan fingerprint density at radius 1 is 0.600 bits per heavy atom. The van der Waals surface area contributed by atoms with Crippen LogP contribution in [-0.4, -0.2) is 0 Å². The lowest BCUT2D eigenvalue weighted by molar-refractivity contribution is 0.407. The first-order valence-corrected chi connectivity index (χ1v) is 7.18. The zero-order valence-corrected chi connectivity index (χ0v) is 13.9. The third-order valence-corrected chi connectivity index (χ3v) is 1.78. The van der Waals surface area contributed by atoms with Crippen molar-refractivity contribution in [3.8, 4) is 0 Å². The number of rotatable bonds is 2. The largest absolute Gasteiger partial charge is 0.0683 e. The van der Waals surface area contributed by atoms with Crippen molar-refractivity contribution in [2.45, 2.75) is 89.5 Å². The highest BCUT2D eigenvalue weighted by Crippen LogP contribution is 2.11. The van der Waals surface area contributed by atoms with Crippen molar-refractivity contribution in [2.24, 2.45) is 11.8 Å². The molecule has 0 bridgehead atoms. The molecule has 0 rings (SSSR count). The van der Waals surface area contributed by atoms with Gasteiger partial charge in [0.1, 0.15) is 0 Å². The van der Waals surface area contributed by atoms with Crippen molar-refractivity contribution in [2.75, 3.05) is 0 Å². The van der Waals surface area contributed by atoms with Gasteiger partial charge in [0.15, 0.2) is 0 Å². The van der Waals surface area contributed by atoms with E-state index in [0.29, 0.717) is 0 Å². The first-order valence-electron chi connectivity index (χ1n) is 7.18. The van der Waals surface area contributed by atoms with Crippen LogP contribution in [0.2, 0.25) is 0 Å². The molecule has 15 heavy (non-hydrogen) atoms. The summed E-state index contributed by atoms with van der Waals surface area (Å²) in [6.45, 7) is 25.1. The molecule has 0 aromatic carbocycles.